The first-order chi connectivity index (χ1) is 9.29. The van der Waals surface area contributed by atoms with Gasteiger partial charge in [-0.25, -0.2) is 0 Å². The summed E-state index contributed by atoms with van der Waals surface area (Å²) in [5.74, 6) is 0.790. The highest BCUT2D eigenvalue weighted by Crippen LogP contribution is 2.24. The van der Waals surface area contributed by atoms with Crippen LogP contribution in [-0.2, 0) is 0 Å². The Balaban J connectivity index is 1.73. The van der Waals surface area contributed by atoms with Crippen molar-refractivity contribution >= 4 is 11.5 Å². The molecule has 0 bridgehead atoms. The van der Waals surface area contributed by atoms with Crippen molar-refractivity contribution in [3.63, 3.8) is 0 Å². The smallest absolute Gasteiger partial charge is 0.193 e. The molecular weight excluding hydrogens is 238 g/mol. The topological polar surface area (TPSA) is 38.7 Å². The lowest BCUT2D eigenvalue weighted by Crippen LogP contribution is -2.13. The van der Waals surface area contributed by atoms with Crippen LogP contribution in [0.5, 0.6) is 5.75 Å². The number of ketones is 1. The number of nitrogens with zero attached hydrogens (tertiary/aromatic N) is 1. The minimum absolute atomic E-state index is 0.0431. The molecule has 0 spiro atoms. The molecule has 0 aliphatic carbocycles. The minimum atomic E-state index is -0.309. The molecule has 1 aliphatic heterocycles. The van der Waals surface area contributed by atoms with Crippen molar-refractivity contribution in [1.29, 1.82) is 0 Å². The van der Waals surface area contributed by atoms with Gasteiger partial charge in [0.05, 0.1) is 12.8 Å². The molecule has 1 aliphatic rings. The van der Waals surface area contributed by atoms with Crippen LogP contribution < -0.4 is 4.74 Å². The predicted octanol–water partition coefficient (Wildman–Crippen LogP) is 2.75. The van der Waals surface area contributed by atoms with E-state index < -0.39 is 0 Å². The van der Waals surface area contributed by atoms with Gasteiger partial charge in [-0.3, -0.25) is 9.79 Å². The number of hydrogen-bond donors (Lipinski definition) is 0. The third-order valence-corrected chi connectivity index (χ3v) is 3.15. The van der Waals surface area contributed by atoms with Gasteiger partial charge in [-0.1, -0.05) is 30.3 Å². The summed E-state index contributed by atoms with van der Waals surface area (Å²) in [6, 6.07) is 16.6. The quantitative estimate of drug-likeness (QED) is 0.784. The van der Waals surface area contributed by atoms with Crippen LogP contribution in [0.2, 0.25) is 0 Å². The largest absolute Gasteiger partial charge is 0.497 e. The SMILES string of the molecule is COc1ccc(C(=O)C2N=C2c2ccccc2)cc1. The van der Waals surface area contributed by atoms with E-state index in [2.05, 4.69) is 4.99 Å². The lowest BCUT2D eigenvalue weighted by molar-refractivity contribution is 0.0995. The van der Waals surface area contributed by atoms with E-state index in [1.54, 1.807) is 31.4 Å². The van der Waals surface area contributed by atoms with E-state index in [0.29, 0.717) is 5.56 Å². The Morgan fingerprint density at radius 2 is 1.74 bits per heavy atom. The van der Waals surface area contributed by atoms with Crippen molar-refractivity contribution in [3.05, 3.63) is 65.7 Å². The summed E-state index contributed by atoms with van der Waals surface area (Å²) in [7, 11) is 1.61. The molecule has 1 atom stereocenters. The number of ether oxygens (including phenoxy) is 1. The maximum absolute atomic E-state index is 12.2. The molecule has 0 saturated carbocycles. The maximum atomic E-state index is 12.2. The molecular formula is C16H13NO2. The summed E-state index contributed by atoms with van der Waals surface area (Å²) in [6.45, 7) is 0. The molecule has 0 aromatic heterocycles. The average Bonchev–Trinajstić information content (AvgIpc) is 3.28. The normalized spacial score (nSPS) is 16.7. The van der Waals surface area contributed by atoms with Gasteiger partial charge >= 0.3 is 0 Å². The van der Waals surface area contributed by atoms with Crippen molar-refractivity contribution in [2.45, 2.75) is 6.04 Å². The van der Waals surface area contributed by atoms with E-state index in [4.69, 9.17) is 4.74 Å². The number of benzene rings is 2. The first-order valence-electron chi connectivity index (χ1n) is 6.11. The predicted molar refractivity (Wildman–Crippen MR) is 74.1 cm³/mol. The molecule has 19 heavy (non-hydrogen) atoms. The number of Topliss-reactive ketones (excluding diaryl/α,β-unsaturated/α-hetero) is 1. The summed E-state index contributed by atoms with van der Waals surface area (Å²) in [5.41, 5.74) is 2.57. The van der Waals surface area contributed by atoms with Crippen molar-refractivity contribution in [2.75, 3.05) is 7.11 Å². The van der Waals surface area contributed by atoms with Gasteiger partial charge in [0.2, 0.25) is 0 Å². The molecule has 0 radical (unpaired) electrons. The molecule has 3 rings (SSSR count). The van der Waals surface area contributed by atoms with Crippen molar-refractivity contribution in [2.24, 2.45) is 4.99 Å². The lowest BCUT2D eigenvalue weighted by atomic mass is 10.0. The van der Waals surface area contributed by atoms with Gasteiger partial charge in [-0.05, 0) is 29.8 Å². The highest BCUT2D eigenvalue weighted by Gasteiger charge is 2.36. The van der Waals surface area contributed by atoms with Gasteiger partial charge in [-0.2, -0.15) is 0 Å². The minimum Gasteiger partial charge on any atom is -0.497 e. The second-order valence-corrected chi connectivity index (χ2v) is 4.38. The van der Waals surface area contributed by atoms with E-state index in [-0.39, 0.29) is 11.8 Å². The fraction of sp³-hybridized carbons (Fsp3) is 0.125. The number of rotatable bonds is 4. The first kappa shape index (κ1) is 11.7. The zero-order valence-electron chi connectivity index (χ0n) is 10.5. The molecule has 0 amide bonds. The van der Waals surface area contributed by atoms with Gasteiger partial charge in [0, 0.05) is 5.56 Å². The average molecular weight is 251 g/mol. The Bertz CT molecular complexity index is 630. The Labute approximate surface area is 111 Å². The fourth-order valence-electron chi connectivity index (χ4n) is 2.04. The van der Waals surface area contributed by atoms with Crippen LogP contribution in [0.25, 0.3) is 0 Å². The number of aliphatic imine (C=N–C) groups is 1. The van der Waals surface area contributed by atoms with E-state index in [1.165, 1.54) is 0 Å². The zero-order chi connectivity index (χ0) is 13.2. The highest BCUT2D eigenvalue weighted by atomic mass is 16.5. The third-order valence-electron chi connectivity index (χ3n) is 3.15. The van der Waals surface area contributed by atoms with Gasteiger partial charge in [0.15, 0.2) is 11.8 Å². The van der Waals surface area contributed by atoms with Crippen LogP contribution in [0.1, 0.15) is 15.9 Å². The van der Waals surface area contributed by atoms with Gasteiger partial charge in [0.1, 0.15) is 5.75 Å². The standard InChI is InChI=1S/C16H13NO2/c1-19-13-9-7-12(8-10-13)16(18)15-14(17-15)11-5-3-2-4-6-11/h2-10,15H,1H3. The van der Waals surface area contributed by atoms with Crippen molar-refractivity contribution < 1.29 is 9.53 Å². The van der Waals surface area contributed by atoms with E-state index in [0.717, 1.165) is 17.0 Å². The van der Waals surface area contributed by atoms with Crippen LogP contribution in [0.4, 0.5) is 0 Å². The summed E-state index contributed by atoms with van der Waals surface area (Å²) in [5, 5.41) is 0. The Morgan fingerprint density at radius 1 is 1.05 bits per heavy atom. The van der Waals surface area contributed by atoms with Gasteiger partial charge in [0.25, 0.3) is 0 Å². The molecule has 3 nitrogen and oxygen atoms in total. The van der Waals surface area contributed by atoms with Crippen molar-refractivity contribution in [3.8, 4) is 5.75 Å². The molecule has 2 aromatic carbocycles. The number of hydrogen-bond acceptors (Lipinski definition) is 3. The lowest BCUT2D eigenvalue weighted by Gasteiger charge is -2.01. The number of methoxy groups -OCH3 is 1. The summed E-state index contributed by atoms with van der Waals surface area (Å²) >= 11 is 0. The molecule has 94 valence electrons. The fourth-order valence-corrected chi connectivity index (χ4v) is 2.04. The maximum Gasteiger partial charge on any atom is 0.193 e. The molecule has 3 heteroatoms. The Morgan fingerprint density at radius 3 is 2.37 bits per heavy atom. The highest BCUT2D eigenvalue weighted by molar-refractivity contribution is 6.29. The summed E-state index contributed by atoms with van der Waals surface area (Å²) in [6.07, 6.45) is 0. The van der Waals surface area contributed by atoms with Crippen LogP contribution in [0.15, 0.2) is 59.6 Å². The van der Waals surface area contributed by atoms with E-state index in [1.807, 2.05) is 30.3 Å². The second kappa shape index (κ2) is 4.69. The van der Waals surface area contributed by atoms with Crippen LogP contribution in [-0.4, -0.2) is 24.6 Å². The van der Waals surface area contributed by atoms with E-state index >= 15 is 0 Å². The summed E-state index contributed by atoms with van der Waals surface area (Å²) in [4.78, 5) is 16.5. The number of carbonyl (C=O) groups is 1. The molecule has 1 heterocycles. The summed E-state index contributed by atoms with van der Waals surface area (Å²) < 4.78 is 5.08. The number of carbonyl (C=O) groups excluding carboxylic acids is 1. The molecule has 0 saturated heterocycles. The van der Waals surface area contributed by atoms with Gasteiger partial charge in [-0.15, -0.1) is 0 Å². The van der Waals surface area contributed by atoms with Crippen LogP contribution in [0, 0.1) is 0 Å². The first-order valence-corrected chi connectivity index (χ1v) is 6.11. The van der Waals surface area contributed by atoms with Crippen LogP contribution >= 0.6 is 0 Å². The Kier molecular flexibility index (Phi) is 2.88. The molecule has 0 N–H and O–H groups in total. The molecule has 1 unspecified atom stereocenters. The van der Waals surface area contributed by atoms with E-state index in [9.17, 15) is 4.79 Å². The van der Waals surface area contributed by atoms with Crippen molar-refractivity contribution in [1.82, 2.24) is 0 Å². The monoisotopic (exact) mass is 251 g/mol. The molecule has 2 aromatic rings. The van der Waals surface area contributed by atoms with Gasteiger partial charge < -0.3 is 4.74 Å². The Hall–Kier alpha value is -2.42. The third kappa shape index (κ3) is 2.27. The molecule has 0 fully saturated rings. The van der Waals surface area contributed by atoms with Crippen LogP contribution in [0.3, 0.4) is 0 Å². The second-order valence-electron chi connectivity index (χ2n) is 4.38. The zero-order valence-corrected chi connectivity index (χ0v) is 10.5.